The zero-order valence-corrected chi connectivity index (χ0v) is 16.6. The third kappa shape index (κ3) is 3.96. The van der Waals surface area contributed by atoms with Gasteiger partial charge >= 0.3 is 0 Å². The Morgan fingerprint density at radius 2 is 1.88 bits per heavy atom. The first-order chi connectivity index (χ1) is 12.5. The summed E-state index contributed by atoms with van der Waals surface area (Å²) >= 11 is 0. The predicted molar refractivity (Wildman–Crippen MR) is 118 cm³/mol. The lowest BCUT2D eigenvalue weighted by Gasteiger charge is -2.32. The Hall–Kier alpha value is -1.80. The van der Waals surface area contributed by atoms with E-state index in [0.29, 0.717) is 12.2 Å². The van der Waals surface area contributed by atoms with Crippen molar-refractivity contribution in [2.24, 2.45) is 17.6 Å². The zero-order valence-electron chi connectivity index (χ0n) is 16.6. The van der Waals surface area contributed by atoms with Crippen molar-refractivity contribution in [3.05, 3.63) is 66.3 Å². The van der Waals surface area contributed by atoms with Crippen LogP contribution in [0.1, 0.15) is 49.8 Å². The van der Waals surface area contributed by atoms with Crippen molar-refractivity contribution < 1.29 is 0 Å². The molecule has 0 bridgehead atoms. The molecule has 0 saturated heterocycles. The topological polar surface area (TPSA) is 26.0 Å². The van der Waals surface area contributed by atoms with Crippen LogP contribution in [0.25, 0.3) is 16.3 Å². The fraction of sp³-hybridized carbons (Fsp3) is 0.417. The summed E-state index contributed by atoms with van der Waals surface area (Å²) < 4.78 is 0. The third-order valence-electron chi connectivity index (χ3n) is 5.73. The summed E-state index contributed by atoms with van der Waals surface area (Å²) in [6.45, 7) is 15.2. The number of fused-ring (bicyclic) bond motifs is 1. The van der Waals surface area contributed by atoms with Crippen LogP contribution in [0.15, 0.2) is 49.6 Å². The molecule has 2 aromatic carbocycles. The number of hydrogen-bond donors (Lipinski definition) is 1. The highest BCUT2D eigenvalue weighted by molar-refractivity contribution is 6.10. The molecule has 2 N–H and O–H groups in total. The Morgan fingerprint density at radius 1 is 1.23 bits per heavy atom. The molecule has 0 fully saturated rings. The van der Waals surface area contributed by atoms with Crippen LogP contribution in [0.3, 0.4) is 0 Å². The highest BCUT2D eigenvalue weighted by Crippen LogP contribution is 2.38. The Kier molecular flexibility index (Phi) is 7.28. The maximum atomic E-state index is 6.47. The van der Waals surface area contributed by atoms with E-state index in [2.05, 4.69) is 64.3 Å². The monoisotopic (exact) mass is 345 g/mol. The highest BCUT2D eigenvalue weighted by atomic mass is 14.7. The van der Waals surface area contributed by atoms with Gasteiger partial charge in [0.1, 0.15) is 0 Å². The van der Waals surface area contributed by atoms with Crippen LogP contribution in [0.2, 0.25) is 0 Å². The Labute approximate surface area is 160 Å². The predicted octanol–water partition coefficient (Wildman–Crippen LogP) is 5.79. The van der Waals surface area contributed by atoms with Crippen LogP contribution in [-0.2, 0) is 6.32 Å². The highest BCUT2D eigenvalue weighted by Gasteiger charge is 2.27. The summed E-state index contributed by atoms with van der Waals surface area (Å²) in [6, 6.07) is 10.8. The van der Waals surface area contributed by atoms with Gasteiger partial charge < -0.3 is 5.73 Å². The number of allylic oxidation sites excluding steroid dienone is 2. The first-order valence-corrected chi connectivity index (χ1v) is 9.78. The van der Waals surface area contributed by atoms with Gasteiger partial charge in [-0.1, -0.05) is 69.6 Å². The van der Waals surface area contributed by atoms with Gasteiger partial charge in [-0.3, -0.25) is 0 Å². The van der Waals surface area contributed by atoms with E-state index >= 15 is 0 Å². The van der Waals surface area contributed by atoms with Gasteiger partial charge in [0, 0.05) is 12.0 Å². The molecule has 3 atom stereocenters. The van der Waals surface area contributed by atoms with Crippen LogP contribution in [0.4, 0.5) is 0 Å². The lowest BCUT2D eigenvalue weighted by atomic mass is 9.75. The lowest BCUT2D eigenvalue weighted by Crippen LogP contribution is -2.34. The molecule has 2 radical (unpaired) electrons. The van der Waals surface area contributed by atoms with Crippen LogP contribution in [0.5, 0.6) is 0 Å². The van der Waals surface area contributed by atoms with E-state index in [9.17, 15) is 0 Å². The van der Waals surface area contributed by atoms with Crippen LogP contribution in [-0.4, -0.2) is 13.9 Å². The van der Waals surface area contributed by atoms with Gasteiger partial charge in [0.15, 0.2) is 0 Å². The van der Waals surface area contributed by atoms with Crippen molar-refractivity contribution in [1.82, 2.24) is 0 Å². The van der Waals surface area contributed by atoms with E-state index in [-0.39, 0.29) is 12.0 Å². The second-order valence-electron chi connectivity index (χ2n) is 7.27. The second-order valence-corrected chi connectivity index (χ2v) is 7.27. The molecule has 2 rings (SSSR count). The summed E-state index contributed by atoms with van der Waals surface area (Å²) in [5.41, 5.74) is 11.2. The fourth-order valence-electron chi connectivity index (χ4n) is 4.15. The first-order valence-electron chi connectivity index (χ1n) is 9.78. The Balaban J connectivity index is 2.56. The molecule has 1 nitrogen and oxygen atoms in total. The standard InChI is InChI=1S/C24H32BN/c1-6-11-22(24(26)8-3)19(7-2)16(4)23-14-18(15-25)21-13-10-9-12-20(21)17(23)5/h7,9-10,12-14,19,22,24H,2,4,6,8,11,15,26H2,1,3,5H3. The van der Waals surface area contributed by atoms with Gasteiger partial charge in [-0.05, 0) is 58.7 Å². The number of hydrogen-bond acceptors (Lipinski definition) is 1. The average Bonchev–Trinajstić information content (AvgIpc) is 2.67. The quantitative estimate of drug-likeness (QED) is 0.452. The molecule has 0 aliphatic carbocycles. The minimum absolute atomic E-state index is 0.157. The van der Waals surface area contributed by atoms with Crippen LogP contribution >= 0.6 is 0 Å². The van der Waals surface area contributed by atoms with E-state index in [1.54, 1.807) is 0 Å². The minimum atomic E-state index is 0.157. The van der Waals surface area contributed by atoms with E-state index in [0.717, 1.165) is 30.4 Å². The third-order valence-corrected chi connectivity index (χ3v) is 5.73. The molecule has 0 saturated carbocycles. The van der Waals surface area contributed by atoms with E-state index in [1.807, 2.05) is 6.08 Å². The summed E-state index contributed by atoms with van der Waals surface area (Å²) in [7, 11) is 6.05. The van der Waals surface area contributed by atoms with Gasteiger partial charge in [-0.25, -0.2) is 0 Å². The fourth-order valence-corrected chi connectivity index (χ4v) is 4.15. The average molecular weight is 345 g/mol. The molecule has 0 aliphatic heterocycles. The van der Waals surface area contributed by atoms with Crippen LogP contribution in [0, 0.1) is 18.8 Å². The lowest BCUT2D eigenvalue weighted by molar-refractivity contribution is 0.341. The molecule has 0 aliphatic rings. The maximum absolute atomic E-state index is 6.47. The van der Waals surface area contributed by atoms with Crippen molar-refractivity contribution in [2.45, 2.75) is 52.4 Å². The molecular weight excluding hydrogens is 313 g/mol. The summed E-state index contributed by atoms with van der Waals surface area (Å²) in [6.07, 6.45) is 5.72. The molecule has 0 amide bonds. The van der Waals surface area contributed by atoms with Gasteiger partial charge in [-0.15, -0.1) is 6.58 Å². The Bertz CT molecular complexity index is 777. The minimum Gasteiger partial charge on any atom is -0.327 e. The molecule has 0 heterocycles. The molecule has 2 heteroatoms. The van der Waals surface area contributed by atoms with Gasteiger partial charge in [0.05, 0.1) is 7.85 Å². The van der Waals surface area contributed by atoms with Crippen molar-refractivity contribution >= 4 is 24.2 Å². The van der Waals surface area contributed by atoms with E-state index < -0.39 is 0 Å². The molecule has 2 aromatic rings. The maximum Gasteiger partial charge on any atom is 0.0716 e. The van der Waals surface area contributed by atoms with Crippen LogP contribution < -0.4 is 5.73 Å². The van der Waals surface area contributed by atoms with Crippen molar-refractivity contribution in [1.29, 1.82) is 0 Å². The number of rotatable bonds is 9. The largest absolute Gasteiger partial charge is 0.327 e. The number of aryl methyl sites for hydroxylation is 1. The Morgan fingerprint density at radius 3 is 2.42 bits per heavy atom. The molecule has 3 unspecified atom stereocenters. The summed E-state index contributed by atoms with van der Waals surface area (Å²) in [4.78, 5) is 0. The van der Waals surface area contributed by atoms with Crippen molar-refractivity contribution in [2.75, 3.05) is 0 Å². The van der Waals surface area contributed by atoms with Gasteiger partial charge in [-0.2, -0.15) is 0 Å². The van der Waals surface area contributed by atoms with Gasteiger partial charge in [0.25, 0.3) is 0 Å². The number of benzene rings is 2. The smallest absolute Gasteiger partial charge is 0.0716 e. The van der Waals surface area contributed by atoms with E-state index in [4.69, 9.17) is 13.6 Å². The summed E-state index contributed by atoms with van der Waals surface area (Å²) in [5, 5.41) is 2.48. The zero-order chi connectivity index (χ0) is 19.3. The molecule has 26 heavy (non-hydrogen) atoms. The molecule has 0 aromatic heterocycles. The van der Waals surface area contributed by atoms with Crippen molar-refractivity contribution in [3.8, 4) is 0 Å². The van der Waals surface area contributed by atoms with Gasteiger partial charge in [0.2, 0.25) is 0 Å². The van der Waals surface area contributed by atoms with Crippen molar-refractivity contribution in [3.63, 3.8) is 0 Å². The molecule has 0 spiro atoms. The second kappa shape index (κ2) is 9.23. The summed E-state index contributed by atoms with van der Waals surface area (Å²) in [5.74, 6) is 0.539. The molecular formula is C24H32BN. The molecule has 136 valence electrons. The SMILES string of the molecule is [B]Cc1cc(C(=C)C(C=C)C(CCC)C(N)CC)c(C)c2ccccc12. The number of nitrogens with two attached hydrogens (primary N) is 1. The normalized spacial score (nSPS) is 14.8. The first kappa shape index (κ1) is 20.5. The van der Waals surface area contributed by atoms with E-state index in [1.165, 1.54) is 21.9 Å².